The normalized spacial score (nSPS) is 10.7. The van der Waals surface area contributed by atoms with Crippen LogP contribution in [-0.4, -0.2) is 47.1 Å². The molecule has 0 spiro atoms. The van der Waals surface area contributed by atoms with Gasteiger partial charge in [-0.25, -0.2) is 9.97 Å². The quantitative estimate of drug-likeness (QED) is 0.407. The number of hydrogen-bond donors (Lipinski definition) is 0. The van der Waals surface area contributed by atoms with Crippen molar-refractivity contribution in [2.24, 2.45) is 0 Å². The van der Waals surface area contributed by atoms with Gasteiger partial charge in [0, 0.05) is 28.5 Å². The van der Waals surface area contributed by atoms with Crippen molar-refractivity contribution in [2.75, 3.05) is 27.2 Å². The van der Waals surface area contributed by atoms with Crippen molar-refractivity contribution in [3.8, 4) is 17.1 Å². The van der Waals surface area contributed by atoms with Crippen LogP contribution in [0.2, 0.25) is 0 Å². The Bertz CT molecular complexity index is 832. The van der Waals surface area contributed by atoms with E-state index >= 15 is 0 Å². The van der Waals surface area contributed by atoms with Crippen LogP contribution in [0.3, 0.4) is 0 Å². The molecule has 0 fully saturated rings. The Kier molecular flexibility index (Phi) is 8.26. The van der Waals surface area contributed by atoms with E-state index in [1.165, 1.54) is 28.0 Å². The van der Waals surface area contributed by atoms with E-state index in [0.717, 1.165) is 22.2 Å². The molecule has 0 unspecified atom stereocenters. The van der Waals surface area contributed by atoms with Crippen molar-refractivity contribution in [1.82, 2.24) is 19.9 Å². The van der Waals surface area contributed by atoms with Gasteiger partial charge in [-0.1, -0.05) is 34.1 Å². The number of thiazole rings is 1. The minimum absolute atomic E-state index is 0. The van der Waals surface area contributed by atoms with Crippen molar-refractivity contribution < 1.29 is 21.8 Å². The van der Waals surface area contributed by atoms with Gasteiger partial charge < -0.3 is 14.6 Å². The minimum Gasteiger partial charge on any atom is -0.475 e. The molecule has 3 rings (SSSR count). The zero-order chi connectivity index (χ0) is 18.5. The first-order valence-electron chi connectivity index (χ1n) is 8.23. The third-order valence-corrected chi connectivity index (χ3v) is 5.20. The summed E-state index contributed by atoms with van der Waals surface area (Å²) in [5.74, 6) is 0.554. The number of rotatable bonds is 7. The van der Waals surface area contributed by atoms with Gasteiger partial charge in [-0.2, -0.15) is 0 Å². The van der Waals surface area contributed by atoms with Crippen LogP contribution >= 0.6 is 23.1 Å². The molecule has 0 amide bonds. The second-order valence-electron chi connectivity index (χ2n) is 6.20. The molecule has 5 nitrogen and oxygen atoms in total. The van der Waals surface area contributed by atoms with E-state index in [0.29, 0.717) is 12.5 Å². The van der Waals surface area contributed by atoms with Crippen molar-refractivity contribution >= 4 is 23.1 Å². The first kappa shape index (κ1) is 21.9. The number of ether oxygens (including phenoxy) is 1. The second-order valence-corrected chi connectivity index (χ2v) is 7.95. The van der Waals surface area contributed by atoms with E-state index in [-0.39, 0.29) is 17.1 Å². The third-order valence-electron chi connectivity index (χ3n) is 3.77. The summed E-state index contributed by atoms with van der Waals surface area (Å²) in [7, 11) is 4.02. The molecule has 0 bridgehead atoms. The maximum absolute atomic E-state index is 5.58. The SMILES string of the molecule is Cc1cc(Sc2cnc(OCCN(C)C)cn2)cc(C)c1-c1cs[c-]n1.[Fe]. The fraction of sp³-hybridized carbons (Fsp3) is 0.316. The Morgan fingerprint density at radius 1 is 1.15 bits per heavy atom. The topological polar surface area (TPSA) is 51.1 Å². The van der Waals surface area contributed by atoms with Crippen LogP contribution in [0.25, 0.3) is 11.3 Å². The summed E-state index contributed by atoms with van der Waals surface area (Å²) < 4.78 is 5.58. The zero-order valence-corrected chi connectivity index (χ0v) is 18.4. The molecule has 0 N–H and O–H groups in total. The summed E-state index contributed by atoms with van der Waals surface area (Å²) in [5.41, 5.74) is 7.48. The van der Waals surface area contributed by atoms with Crippen LogP contribution in [0, 0.1) is 19.4 Å². The summed E-state index contributed by atoms with van der Waals surface area (Å²) in [4.78, 5) is 16.3. The summed E-state index contributed by atoms with van der Waals surface area (Å²) in [5, 5.41) is 2.88. The van der Waals surface area contributed by atoms with Gasteiger partial charge in [-0.05, 0) is 45.6 Å². The minimum atomic E-state index is 0. The summed E-state index contributed by atoms with van der Waals surface area (Å²) in [6.45, 7) is 5.67. The van der Waals surface area contributed by atoms with Crippen molar-refractivity contribution in [3.63, 3.8) is 0 Å². The van der Waals surface area contributed by atoms with Crippen LogP contribution in [0.5, 0.6) is 5.88 Å². The first-order valence-corrected chi connectivity index (χ1v) is 9.93. The summed E-state index contributed by atoms with van der Waals surface area (Å²) in [6, 6.07) is 4.32. The average Bonchev–Trinajstić information content (AvgIpc) is 3.09. The Labute approximate surface area is 179 Å². The number of likely N-dealkylation sites (N-methyl/N-ethyl adjacent to an activating group) is 1. The maximum atomic E-state index is 5.58. The molecular formula is C19H21FeN4OS2-. The van der Waals surface area contributed by atoms with Gasteiger partial charge in [0.05, 0.1) is 12.4 Å². The maximum Gasteiger partial charge on any atom is 0.232 e. The predicted octanol–water partition coefficient (Wildman–Crippen LogP) is 4.11. The van der Waals surface area contributed by atoms with E-state index in [4.69, 9.17) is 4.74 Å². The van der Waals surface area contributed by atoms with Crippen molar-refractivity contribution in [1.29, 1.82) is 0 Å². The molecule has 0 saturated heterocycles. The van der Waals surface area contributed by atoms with Crippen LogP contribution in [0.4, 0.5) is 0 Å². The Morgan fingerprint density at radius 3 is 2.44 bits per heavy atom. The van der Waals surface area contributed by atoms with Gasteiger partial charge in [-0.15, -0.1) is 5.38 Å². The van der Waals surface area contributed by atoms with Crippen LogP contribution < -0.4 is 4.74 Å². The van der Waals surface area contributed by atoms with Gasteiger partial charge in [0.15, 0.2) is 0 Å². The van der Waals surface area contributed by atoms with Gasteiger partial charge >= 0.3 is 0 Å². The van der Waals surface area contributed by atoms with Crippen LogP contribution in [0.15, 0.2) is 39.8 Å². The average molecular weight is 441 g/mol. The number of aryl methyl sites for hydroxylation is 2. The van der Waals surface area contributed by atoms with E-state index < -0.39 is 0 Å². The third kappa shape index (κ3) is 6.02. The van der Waals surface area contributed by atoms with E-state index in [1.807, 2.05) is 19.5 Å². The largest absolute Gasteiger partial charge is 0.475 e. The van der Waals surface area contributed by atoms with Crippen molar-refractivity contribution in [3.05, 3.63) is 46.5 Å². The second kappa shape index (κ2) is 10.2. The van der Waals surface area contributed by atoms with Crippen LogP contribution in [0.1, 0.15) is 11.1 Å². The smallest absolute Gasteiger partial charge is 0.232 e. The molecule has 27 heavy (non-hydrogen) atoms. The standard InChI is InChI=1S/C19H21N4OS2.Fe/c1-13-7-15(8-14(2)19(13)16-11-25-12-22-16)26-18-10-20-17(9-21-18)24-6-5-23(3)4;/h7-11H,5-6H2,1-4H3;/q-1;. The number of benzene rings is 1. The molecule has 0 aliphatic carbocycles. The fourth-order valence-electron chi connectivity index (χ4n) is 2.57. The van der Waals surface area contributed by atoms with Gasteiger partial charge in [0.2, 0.25) is 5.88 Å². The molecule has 2 aromatic heterocycles. The summed E-state index contributed by atoms with van der Waals surface area (Å²) >= 11 is 3.09. The fourth-order valence-corrected chi connectivity index (χ4v) is 3.98. The van der Waals surface area contributed by atoms with Gasteiger partial charge in [-0.3, -0.25) is 11.3 Å². The molecule has 0 aliphatic rings. The molecule has 0 aliphatic heterocycles. The Morgan fingerprint density at radius 2 is 1.89 bits per heavy atom. The first-order chi connectivity index (χ1) is 12.5. The molecule has 0 saturated carbocycles. The van der Waals surface area contributed by atoms with Gasteiger partial charge in [0.25, 0.3) is 0 Å². The Balaban J connectivity index is 0.00000261. The Hall–Kier alpha value is -1.44. The number of aromatic nitrogens is 3. The molecule has 2 heterocycles. The predicted molar refractivity (Wildman–Crippen MR) is 106 cm³/mol. The molecule has 0 radical (unpaired) electrons. The van der Waals surface area contributed by atoms with E-state index in [1.54, 1.807) is 24.2 Å². The molecule has 8 heteroatoms. The van der Waals surface area contributed by atoms with Gasteiger partial charge in [0.1, 0.15) is 11.6 Å². The monoisotopic (exact) mass is 441 g/mol. The number of nitrogens with zero attached hydrogens (tertiary/aromatic N) is 4. The molecular weight excluding hydrogens is 420 g/mol. The molecule has 1 aromatic carbocycles. The van der Waals surface area contributed by atoms with E-state index in [2.05, 4.69) is 51.3 Å². The number of hydrogen-bond acceptors (Lipinski definition) is 7. The van der Waals surface area contributed by atoms with Crippen LogP contribution in [-0.2, 0) is 17.1 Å². The van der Waals surface area contributed by atoms with Crippen molar-refractivity contribution in [2.45, 2.75) is 23.8 Å². The molecule has 3 aromatic rings. The summed E-state index contributed by atoms with van der Waals surface area (Å²) in [6.07, 6.45) is 3.43. The molecule has 0 atom stereocenters. The zero-order valence-electron chi connectivity index (χ0n) is 15.7. The molecule has 144 valence electrons. The van der Waals surface area contributed by atoms with E-state index in [9.17, 15) is 0 Å².